The fraction of sp³-hybridized carbons (Fsp3) is 0.0833. The molecular weight excluding hydrogens is 255 g/mol. The summed E-state index contributed by atoms with van der Waals surface area (Å²) in [7, 11) is 0. The molecule has 15 heavy (non-hydrogen) atoms. The van der Waals surface area contributed by atoms with Crippen molar-refractivity contribution in [2.75, 3.05) is 6.79 Å². The van der Waals surface area contributed by atoms with E-state index in [0.29, 0.717) is 0 Å². The molecule has 2 nitrogen and oxygen atoms in total. The van der Waals surface area contributed by atoms with Crippen molar-refractivity contribution in [2.45, 2.75) is 0 Å². The van der Waals surface area contributed by atoms with Gasteiger partial charge in [0.1, 0.15) is 0 Å². The third-order valence-corrected chi connectivity index (χ3v) is 2.39. The Bertz CT molecular complexity index is 463. The van der Waals surface area contributed by atoms with Gasteiger partial charge in [0.15, 0.2) is 0 Å². The van der Waals surface area contributed by atoms with Crippen molar-refractivity contribution >= 4 is 31.5 Å². The van der Waals surface area contributed by atoms with E-state index in [-0.39, 0.29) is 6.79 Å². The fourth-order valence-electron chi connectivity index (χ4n) is 1.45. The van der Waals surface area contributed by atoms with Gasteiger partial charge in [0.2, 0.25) is 0 Å². The van der Waals surface area contributed by atoms with Crippen molar-refractivity contribution in [3.05, 3.63) is 42.5 Å². The van der Waals surface area contributed by atoms with Gasteiger partial charge in [-0.15, -0.1) is 0 Å². The van der Waals surface area contributed by atoms with Gasteiger partial charge in [-0.25, -0.2) is 0 Å². The summed E-state index contributed by atoms with van der Waals surface area (Å²) in [5.74, 6) is 0.843. The number of rotatable bonds is 4. The van der Waals surface area contributed by atoms with Crippen LogP contribution >= 0.6 is 0 Å². The molecule has 2 rings (SSSR count). The molecule has 0 aliphatic rings. The molecule has 0 aliphatic carbocycles. The third-order valence-electron chi connectivity index (χ3n) is 2.10. The van der Waals surface area contributed by atoms with Gasteiger partial charge in [-0.1, -0.05) is 0 Å². The van der Waals surface area contributed by atoms with Crippen molar-refractivity contribution < 1.29 is 9.47 Å². The van der Waals surface area contributed by atoms with E-state index in [2.05, 4.69) is 27.7 Å². The van der Waals surface area contributed by atoms with E-state index in [1.165, 1.54) is 10.5 Å². The zero-order valence-corrected chi connectivity index (χ0v) is 9.76. The molecule has 0 fully saturated rings. The number of ether oxygens (including phenoxy) is 2. The normalized spacial score (nSPS) is 9.87. The fourth-order valence-corrected chi connectivity index (χ4v) is 1.56. The van der Waals surface area contributed by atoms with Crippen molar-refractivity contribution in [1.82, 2.24) is 0 Å². The quantitative estimate of drug-likeness (QED) is 0.479. The van der Waals surface area contributed by atoms with Gasteiger partial charge in [-0.05, 0) is 0 Å². The van der Waals surface area contributed by atoms with E-state index < -0.39 is 0 Å². The molecule has 0 aromatic heterocycles. The summed E-state index contributed by atoms with van der Waals surface area (Å²) in [5, 5.41) is 3.76. The van der Waals surface area contributed by atoms with Crippen LogP contribution < -0.4 is 4.74 Å². The van der Waals surface area contributed by atoms with Crippen LogP contribution in [0.3, 0.4) is 0 Å². The Kier molecular flexibility index (Phi) is 3.38. The van der Waals surface area contributed by atoms with Crippen LogP contribution in [0, 0.1) is 0 Å². The molecule has 76 valence electrons. The van der Waals surface area contributed by atoms with Gasteiger partial charge >= 0.3 is 95.9 Å². The van der Waals surface area contributed by atoms with E-state index in [9.17, 15) is 0 Å². The number of fused-ring (bicyclic) bond motifs is 1. The van der Waals surface area contributed by atoms with E-state index in [4.69, 9.17) is 9.47 Å². The average Bonchev–Trinajstić information content (AvgIpc) is 2.30. The first-order chi connectivity index (χ1) is 7.42. The van der Waals surface area contributed by atoms with Crippen LogP contribution in [-0.2, 0) is 4.74 Å². The molecule has 0 bridgehead atoms. The summed E-state index contributed by atoms with van der Waals surface area (Å²) in [6.45, 7) is 0.223. The third kappa shape index (κ3) is 2.38. The van der Waals surface area contributed by atoms with Crippen LogP contribution in [-0.4, -0.2) is 27.5 Å². The zero-order valence-electron chi connectivity index (χ0n) is 8.05. The summed E-state index contributed by atoms with van der Waals surface area (Å²) in [5.41, 5.74) is 0. The van der Waals surface area contributed by atoms with E-state index in [1.54, 1.807) is 0 Å². The summed E-state index contributed by atoms with van der Waals surface area (Å²) >= 11 is 2.64. The minimum atomic E-state index is 0.223. The van der Waals surface area contributed by atoms with Crippen molar-refractivity contribution in [2.24, 2.45) is 0 Å². The maximum absolute atomic E-state index is 5.49. The van der Waals surface area contributed by atoms with Crippen molar-refractivity contribution in [3.8, 4) is 5.75 Å². The molecular formula is C12H10O2Se. The zero-order chi connectivity index (χ0) is 10.5. The number of benzene rings is 2. The molecule has 0 saturated carbocycles. The summed E-state index contributed by atoms with van der Waals surface area (Å²) in [6.07, 6.45) is 0. The summed E-state index contributed by atoms with van der Waals surface area (Å²) in [4.78, 5) is 0. The molecule has 0 atom stereocenters. The van der Waals surface area contributed by atoms with E-state index in [0.717, 1.165) is 11.1 Å². The molecule has 2 aromatic carbocycles. The first kappa shape index (κ1) is 10.2. The average molecular weight is 265 g/mol. The topological polar surface area (TPSA) is 18.5 Å². The second-order valence-electron chi connectivity index (χ2n) is 3.00. The standard InChI is InChI=1S/C12H10O2Se/c15-9-13-8-14-12-7-3-5-10-4-1-2-6-11(10)12/h1-7,9H,8H2. The molecule has 3 heteroatoms. The monoisotopic (exact) mass is 266 g/mol. The second-order valence-corrected chi connectivity index (χ2v) is 3.41. The predicted molar refractivity (Wildman–Crippen MR) is 62.3 cm³/mol. The van der Waals surface area contributed by atoms with Crippen LogP contribution in [0.5, 0.6) is 5.75 Å². The van der Waals surface area contributed by atoms with Gasteiger partial charge in [0.05, 0.1) is 0 Å². The Hall–Kier alpha value is -1.31. The number of hydrogen-bond donors (Lipinski definition) is 0. The number of hydrogen-bond acceptors (Lipinski definition) is 2. The maximum atomic E-state index is 5.49. The Labute approximate surface area is 96.2 Å². The molecule has 0 N–H and O–H groups in total. The first-order valence-corrected chi connectivity index (χ1v) is 5.56. The Morgan fingerprint density at radius 2 is 1.87 bits per heavy atom. The summed E-state index contributed by atoms with van der Waals surface area (Å²) < 4.78 is 10.5. The molecule has 0 aliphatic heterocycles. The van der Waals surface area contributed by atoms with Gasteiger partial charge in [-0.3, -0.25) is 0 Å². The Balaban J connectivity index is 2.30. The van der Waals surface area contributed by atoms with Crippen LogP contribution in [0.2, 0.25) is 0 Å². The molecule has 0 saturated heterocycles. The van der Waals surface area contributed by atoms with E-state index >= 15 is 0 Å². The van der Waals surface area contributed by atoms with Gasteiger partial charge in [0.25, 0.3) is 0 Å². The molecule has 2 aromatic rings. The molecule has 0 heterocycles. The SMILES string of the molecule is [Se]=COCOc1cccc2ccccc12. The van der Waals surface area contributed by atoms with E-state index in [1.807, 2.05) is 30.3 Å². The van der Waals surface area contributed by atoms with Crippen LogP contribution in [0.15, 0.2) is 42.5 Å². The first-order valence-electron chi connectivity index (χ1n) is 4.57. The molecule has 0 amide bonds. The van der Waals surface area contributed by atoms with Crippen molar-refractivity contribution in [3.63, 3.8) is 0 Å². The van der Waals surface area contributed by atoms with Crippen molar-refractivity contribution in [1.29, 1.82) is 0 Å². The molecule has 0 spiro atoms. The second kappa shape index (κ2) is 4.96. The Morgan fingerprint density at radius 3 is 2.73 bits per heavy atom. The van der Waals surface area contributed by atoms with Gasteiger partial charge in [-0.2, -0.15) is 0 Å². The molecule has 0 radical (unpaired) electrons. The predicted octanol–water partition coefficient (Wildman–Crippen LogP) is 2.12. The van der Waals surface area contributed by atoms with Crippen LogP contribution in [0.4, 0.5) is 0 Å². The minimum absolute atomic E-state index is 0.223. The Morgan fingerprint density at radius 1 is 1.07 bits per heavy atom. The van der Waals surface area contributed by atoms with Crippen LogP contribution in [0.25, 0.3) is 10.8 Å². The van der Waals surface area contributed by atoms with Crippen LogP contribution in [0.1, 0.15) is 0 Å². The van der Waals surface area contributed by atoms with Gasteiger partial charge < -0.3 is 0 Å². The molecule has 0 unspecified atom stereocenters. The van der Waals surface area contributed by atoms with Gasteiger partial charge in [0, 0.05) is 0 Å². The summed E-state index contributed by atoms with van der Waals surface area (Å²) in [6, 6.07) is 14.1.